The average Bonchev–Trinajstić information content (AvgIpc) is 3.01. The van der Waals surface area contributed by atoms with Crippen molar-refractivity contribution in [3.8, 4) is 0 Å². The molecule has 0 spiro atoms. The Hall–Kier alpha value is -2.80. The van der Waals surface area contributed by atoms with Crippen LogP contribution in [0.3, 0.4) is 0 Å². The summed E-state index contributed by atoms with van der Waals surface area (Å²) in [6.07, 6.45) is 3.88. The van der Waals surface area contributed by atoms with Gasteiger partial charge in [0, 0.05) is 30.5 Å². The molecule has 0 radical (unpaired) electrons. The zero-order valence-electron chi connectivity index (χ0n) is 17.6. The number of pyridine rings is 1. The molecule has 0 saturated carbocycles. The zero-order valence-corrected chi connectivity index (χ0v) is 18.4. The van der Waals surface area contributed by atoms with Crippen LogP contribution in [0.1, 0.15) is 27.7 Å². The van der Waals surface area contributed by atoms with Gasteiger partial charge in [0.25, 0.3) is 0 Å². The number of imidazole rings is 1. The van der Waals surface area contributed by atoms with Crippen molar-refractivity contribution in [3.05, 3.63) is 54.1 Å². The van der Waals surface area contributed by atoms with Crippen LogP contribution < -0.4 is 22.3 Å². The van der Waals surface area contributed by atoms with E-state index in [9.17, 15) is 0 Å². The van der Waals surface area contributed by atoms with Gasteiger partial charge in [-0.3, -0.25) is 0 Å². The average molecular weight is 414 g/mol. The Balaban J connectivity index is 0.00000300. The van der Waals surface area contributed by atoms with Gasteiger partial charge in [-0.1, -0.05) is 31.1 Å². The molecule has 0 atom stereocenters. The number of azo groups is 1. The number of halogens is 1. The molecule has 0 aliphatic heterocycles. The van der Waals surface area contributed by atoms with Crippen molar-refractivity contribution in [3.63, 3.8) is 0 Å². The van der Waals surface area contributed by atoms with Crippen LogP contribution in [0.4, 0.5) is 5.95 Å². The Morgan fingerprint density at radius 1 is 1.07 bits per heavy atom. The molecule has 0 bridgehead atoms. The van der Waals surface area contributed by atoms with Crippen molar-refractivity contribution >= 4 is 22.8 Å². The molecule has 0 saturated heterocycles. The van der Waals surface area contributed by atoms with Gasteiger partial charge in [-0.05, 0) is 38.1 Å². The largest absolute Gasteiger partial charge is 1.00 e. The van der Waals surface area contributed by atoms with E-state index < -0.39 is 0 Å². The fraction of sp³-hybridized carbons (Fsp3) is 0.381. The third kappa shape index (κ3) is 4.98. The maximum absolute atomic E-state index is 4.59. The lowest BCUT2D eigenvalue weighted by atomic mass is 10.2. The summed E-state index contributed by atoms with van der Waals surface area (Å²) in [6, 6.07) is 12.2. The van der Waals surface area contributed by atoms with Crippen molar-refractivity contribution in [2.24, 2.45) is 33.4 Å². The number of aryl methyl sites for hydroxylation is 3. The van der Waals surface area contributed by atoms with Gasteiger partial charge in [0.2, 0.25) is 0 Å². The molecule has 29 heavy (non-hydrogen) atoms. The number of para-hydroxylation sites is 2. The second-order valence-corrected chi connectivity index (χ2v) is 6.91. The summed E-state index contributed by atoms with van der Waals surface area (Å²) in [4.78, 5) is 0. The lowest BCUT2D eigenvalue weighted by Gasteiger charge is -1.99. The number of hydrogen-bond acceptors (Lipinski definition) is 3. The highest BCUT2D eigenvalue weighted by Crippen LogP contribution is 2.20. The first-order valence-corrected chi connectivity index (χ1v) is 9.71. The quantitative estimate of drug-likeness (QED) is 0.197. The summed E-state index contributed by atoms with van der Waals surface area (Å²) in [5.41, 5.74) is 2.32. The van der Waals surface area contributed by atoms with Gasteiger partial charge in [-0.25, -0.2) is 9.13 Å². The molecule has 0 N–H and O–H groups in total. The minimum absolute atomic E-state index is 0. The first kappa shape index (κ1) is 22.5. The lowest BCUT2D eigenvalue weighted by Crippen LogP contribution is -3.00. The van der Waals surface area contributed by atoms with Crippen molar-refractivity contribution in [1.82, 2.24) is 9.13 Å². The maximum Gasteiger partial charge on any atom is 0.422 e. The molecule has 0 unspecified atom stereocenters. The number of fused-ring (bicyclic) bond motifs is 1. The van der Waals surface area contributed by atoms with Gasteiger partial charge in [0.05, 0.1) is 18.4 Å². The highest BCUT2D eigenvalue weighted by molar-refractivity contribution is 5.84. The standard InChI is InChI=1S/C21H28N7.ClH/c1-6-27-18-10-8-9-11-19(18)28(7-2)21(27)25-24-20(16(3)4)23-22-17-12-14-26(5)15-13-17;/h8-16H,6-7H2,1-5H3;1H/q+1;/p-1. The molecule has 8 heteroatoms. The highest BCUT2D eigenvalue weighted by atomic mass is 35.5. The van der Waals surface area contributed by atoms with E-state index in [4.69, 9.17) is 0 Å². The normalized spacial score (nSPS) is 12.0. The Morgan fingerprint density at radius 3 is 2.38 bits per heavy atom. The molecule has 7 nitrogen and oxygen atoms in total. The summed E-state index contributed by atoms with van der Waals surface area (Å²) in [5.74, 6) is 1.54. The van der Waals surface area contributed by atoms with E-state index in [0.717, 1.165) is 35.4 Å². The molecule has 2 aromatic heterocycles. The summed E-state index contributed by atoms with van der Waals surface area (Å²) in [5, 5.41) is 18.5. The monoisotopic (exact) mass is 413 g/mol. The number of aromatic nitrogens is 3. The number of amidine groups is 1. The van der Waals surface area contributed by atoms with Crippen LogP contribution in [-0.4, -0.2) is 15.0 Å². The molecule has 3 rings (SSSR count). The first-order chi connectivity index (χ1) is 13.5. The fourth-order valence-corrected chi connectivity index (χ4v) is 3.03. The van der Waals surface area contributed by atoms with Crippen LogP contribution in [0.5, 0.6) is 0 Å². The summed E-state index contributed by atoms with van der Waals surface area (Å²) in [6.45, 7) is 9.97. The lowest BCUT2D eigenvalue weighted by molar-refractivity contribution is -0.655. The van der Waals surface area contributed by atoms with Crippen LogP contribution in [0.25, 0.3) is 11.0 Å². The van der Waals surface area contributed by atoms with Crippen molar-refractivity contribution in [2.75, 3.05) is 0 Å². The molecule has 0 amide bonds. The molecule has 154 valence electrons. The van der Waals surface area contributed by atoms with E-state index in [2.05, 4.69) is 67.7 Å². The fourth-order valence-electron chi connectivity index (χ4n) is 3.03. The van der Waals surface area contributed by atoms with Crippen molar-refractivity contribution in [2.45, 2.75) is 40.8 Å². The van der Waals surface area contributed by atoms with Gasteiger partial charge in [-0.2, -0.15) is 0 Å². The van der Waals surface area contributed by atoms with E-state index >= 15 is 0 Å². The Labute approximate surface area is 177 Å². The van der Waals surface area contributed by atoms with E-state index in [1.807, 2.05) is 50.0 Å². The second-order valence-electron chi connectivity index (χ2n) is 6.91. The van der Waals surface area contributed by atoms with Crippen LogP contribution in [-0.2, 0) is 20.1 Å². The predicted molar refractivity (Wildman–Crippen MR) is 111 cm³/mol. The molecular formula is C21H28ClN7. The SMILES string of the molecule is CCn1c(N=NC(=NN=c2ccn(C)cc2)C(C)C)[n+](CC)c2ccccc21.[Cl-]. The molecule has 0 aliphatic rings. The topological polar surface area (TPSA) is 63.2 Å². The smallest absolute Gasteiger partial charge is 0.422 e. The number of nitrogens with zero attached hydrogens (tertiary/aromatic N) is 7. The Bertz CT molecular complexity index is 1030. The number of benzene rings is 1. The zero-order chi connectivity index (χ0) is 20.1. The van der Waals surface area contributed by atoms with E-state index in [0.29, 0.717) is 5.84 Å². The van der Waals surface area contributed by atoms with Gasteiger partial charge in [0.1, 0.15) is 11.0 Å². The summed E-state index contributed by atoms with van der Waals surface area (Å²) >= 11 is 0. The predicted octanol–water partition coefficient (Wildman–Crippen LogP) is 0.965. The van der Waals surface area contributed by atoms with Gasteiger partial charge in [-0.15, -0.1) is 10.2 Å². The molecule has 2 heterocycles. The second kappa shape index (κ2) is 10.1. The van der Waals surface area contributed by atoms with E-state index in [-0.39, 0.29) is 18.3 Å². The highest BCUT2D eigenvalue weighted by Gasteiger charge is 2.22. The molecule has 1 aromatic carbocycles. The third-order valence-corrected chi connectivity index (χ3v) is 4.57. The van der Waals surface area contributed by atoms with E-state index in [1.165, 1.54) is 0 Å². The molecule has 0 fully saturated rings. The maximum atomic E-state index is 4.59. The van der Waals surface area contributed by atoms with Crippen molar-refractivity contribution in [1.29, 1.82) is 0 Å². The summed E-state index contributed by atoms with van der Waals surface area (Å²) < 4.78 is 6.31. The van der Waals surface area contributed by atoms with Crippen LogP contribution in [0, 0.1) is 5.92 Å². The number of hydrogen-bond donors (Lipinski definition) is 0. The molecular weight excluding hydrogens is 386 g/mol. The van der Waals surface area contributed by atoms with Crippen molar-refractivity contribution < 1.29 is 17.0 Å². The molecule has 3 aromatic rings. The number of rotatable bonds is 5. The van der Waals surface area contributed by atoms with Crippen LogP contribution in [0.15, 0.2) is 69.2 Å². The first-order valence-electron chi connectivity index (χ1n) is 9.71. The third-order valence-electron chi connectivity index (χ3n) is 4.57. The Kier molecular flexibility index (Phi) is 7.84. The summed E-state index contributed by atoms with van der Waals surface area (Å²) in [7, 11) is 1.97. The minimum atomic E-state index is 0. The minimum Gasteiger partial charge on any atom is -1.00 e. The van der Waals surface area contributed by atoms with Crippen LogP contribution >= 0.6 is 0 Å². The Morgan fingerprint density at radius 2 is 1.76 bits per heavy atom. The van der Waals surface area contributed by atoms with Gasteiger partial charge < -0.3 is 17.0 Å². The van der Waals surface area contributed by atoms with Crippen LogP contribution in [0.2, 0.25) is 0 Å². The molecule has 0 aliphatic carbocycles. The van der Waals surface area contributed by atoms with Gasteiger partial charge in [0.15, 0.2) is 5.84 Å². The van der Waals surface area contributed by atoms with Gasteiger partial charge >= 0.3 is 5.95 Å². The van der Waals surface area contributed by atoms with E-state index in [1.54, 1.807) is 0 Å².